The fraction of sp³-hybridized carbons (Fsp3) is 0.300. The lowest BCUT2D eigenvalue weighted by Gasteiger charge is -2.12. The second kappa shape index (κ2) is 5.48. The second-order valence-electron chi connectivity index (χ2n) is 6.79. The first kappa shape index (κ1) is 14.9. The zero-order valence-corrected chi connectivity index (χ0v) is 13.3. The van der Waals surface area contributed by atoms with Gasteiger partial charge in [-0.3, -0.25) is 4.79 Å². The van der Waals surface area contributed by atoms with Crippen molar-refractivity contribution in [1.29, 1.82) is 0 Å². The third-order valence-corrected chi connectivity index (χ3v) is 5.45. The topological polar surface area (TPSA) is 66.4 Å². The number of aryl methyl sites for hydroxylation is 1. The number of hydrogen-bond acceptors (Lipinski definition) is 2. The Morgan fingerprint density at radius 3 is 2.62 bits per heavy atom. The molecule has 122 valence electrons. The minimum absolute atomic E-state index is 0.0633. The lowest BCUT2D eigenvalue weighted by atomic mass is 9.95. The van der Waals surface area contributed by atoms with Crippen LogP contribution in [0.1, 0.15) is 39.9 Å². The Bertz CT molecular complexity index is 812. The van der Waals surface area contributed by atoms with Crippen molar-refractivity contribution in [2.45, 2.75) is 31.2 Å². The molecular weight excluding hydrogens is 302 g/mol. The molecule has 1 amide bonds. The summed E-state index contributed by atoms with van der Waals surface area (Å²) in [4.78, 5) is 23.4. The Kier molecular flexibility index (Phi) is 3.41. The van der Waals surface area contributed by atoms with Crippen LogP contribution in [0.4, 0.5) is 0 Å². The molecule has 0 bridgehead atoms. The number of carboxylic acid groups (broad SMARTS) is 1. The van der Waals surface area contributed by atoms with E-state index in [0.717, 1.165) is 24.8 Å². The number of aromatic carboxylic acids is 1. The van der Waals surface area contributed by atoms with E-state index in [2.05, 4.69) is 29.6 Å². The van der Waals surface area contributed by atoms with Gasteiger partial charge in [-0.25, -0.2) is 4.79 Å². The van der Waals surface area contributed by atoms with E-state index in [1.165, 1.54) is 11.1 Å². The number of carbonyl (C=O) groups is 2. The maximum atomic E-state index is 12.5. The molecule has 24 heavy (non-hydrogen) atoms. The molecule has 4 nitrogen and oxygen atoms in total. The van der Waals surface area contributed by atoms with E-state index >= 15 is 0 Å². The van der Waals surface area contributed by atoms with Crippen LogP contribution in [0.15, 0.2) is 48.5 Å². The zero-order chi connectivity index (χ0) is 16.7. The van der Waals surface area contributed by atoms with Crippen LogP contribution in [0, 0.1) is 5.92 Å². The van der Waals surface area contributed by atoms with Crippen LogP contribution >= 0.6 is 0 Å². The van der Waals surface area contributed by atoms with Crippen LogP contribution in [0.3, 0.4) is 0 Å². The number of nitrogens with one attached hydrogen (secondary N) is 1. The van der Waals surface area contributed by atoms with Crippen LogP contribution in [-0.2, 0) is 23.2 Å². The third-order valence-electron chi connectivity index (χ3n) is 5.45. The van der Waals surface area contributed by atoms with Gasteiger partial charge < -0.3 is 10.4 Å². The first-order chi connectivity index (χ1) is 11.6. The fourth-order valence-electron chi connectivity index (χ4n) is 4.02. The molecule has 2 unspecified atom stereocenters. The van der Waals surface area contributed by atoms with E-state index in [1.807, 2.05) is 0 Å². The van der Waals surface area contributed by atoms with Crippen molar-refractivity contribution >= 4 is 11.9 Å². The Morgan fingerprint density at radius 2 is 1.88 bits per heavy atom. The van der Waals surface area contributed by atoms with Gasteiger partial charge in [0, 0.05) is 17.9 Å². The molecule has 2 aliphatic rings. The average molecular weight is 321 g/mol. The molecule has 0 saturated heterocycles. The maximum Gasteiger partial charge on any atom is 0.335 e. The van der Waals surface area contributed by atoms with Crippen molar-refractivity contribution in [3.05, 3.63) is 70.8 Å². The van der Waals surface area contributed by atoms with E-state index in [0.29, 0.717) is 6.54 Å². The monoisotopic (exact) mass is 321 g/mol. The number of amides is 1. The highest BCUT2D eigenvalue weighted by Crippen LogP contribution is 2.61. The van der Waals surface area contributed by atoms with E-state index in [-0.39, 0.29) is 22.8 Å². The maximum absolute atomic E-state index is 12.5. The minimum Gasteiger partial charge on any atom is -0.478 e. The Hall–Kier alpha value is -2.62. The number of fused-ring (bicyclic) bond motifs is 2. The largest absolute Gasteiger partial charge is 0.478 e. The lowest BCUT2D eigenvalue weighted by Crippen LogP contribution is -2.27. The van der Waals surface area contributed by atoms with Gasteiger partial charge in [-0.2, -0.15) is 0 Å². The molecule has 2 aliphatic carbocycles. The molecule has 1 fully saturated rings. The summed E-state index contributed by atoms with van der Waals surface area (Å²) >= 11 is 0. The second-order valence-corrected chi connectivity index (χ2v) is 6.79. The van der Waals surface area contributed by atoms with Crippen molar-refractivity contribution in [1.82, 2.24) is 5.32 Å². The molecule has 2 atom stereocenters. The molecule has 0 aromatic heterocycles. The quantitative estimate of drug-likeness (QED) is 0.910. The molecule has 4 heteroatoms. The smallest absolute Gasteiger partial charge is 0.335 e. The molecule has 2 N–H and O–H groups in total. The van der Waals surface area contributed by atoms with Gasteiger partial charge in [-0.05, 0) is 48.1 Å². The SMILES string of the molecule is O=C(O)c1ccc(CNC(=O)C2CC23CCc2ccccc23)cc1. The van der Waals surface area contributed by atoms with E-state index < -0.39 is 5.97 Å². The summed E-state index contributed by atoms with van der Waals surface area (Å²) in [7, 11) is 0. The first-order valence-corrected chi connectivity index (χ1v) is 8.28. The molecule has 2 aromatic rings. The molecule has 0 aliphatic heterocycles. The van der Waals surface area contributed by atoms with Gasteiger partial charge in [-0.15, -0.1) is 0 Å². The van der Waals surface area contributed by atoms with Crippen LogP contribution in [-0.4, -0.2) is 17.0 Å². The molecule has 0 radical (unpaired) electrons. The van der Waals surface area contributed by atoms with Gasteiger partial charge >= 0.3 is 5.97 Å². The molecule has 1 saturated carbocycles. The predicted molar refractivity (Wildman–Crippen MR) is 89.8 cm³/mol. The number of benzene rings is 2. The van der Waals surface area contributed by atoms with Gasteiger partial charge in [0.25, 0.3) is 0 Å². The summed E-state index contributed by atoms with van der Waals surface area (Å²) in [6, 6.07) is 15.1. The summed E-state index contributed by atoms with van der Waals surface area (Å²) in [5.41, 5.74) is 3.98. The van der Waals surface area contributed by atoms with Gasteiger partial charge in [0.05, 0.1) is 5.56 Å². The Balaban J connectivity index is 1.39. The minimum atomic E-state index is -0.939. The van der Waals surface area contributed by atoms with E-state index in [9.17, 15) is 9.59 Å². The molecule has 4 rings (SSSR count). The lowest BCUT2D eigenvalue weighted by molar-refractivity contribution is -0.122. The summed E-state index contributed by atoms with van der Waals surface area (Å²) in [6.07, 6.45) is 3.07. The van der Waals surface area contributed by atoms with Crippen molar-refractivity contribution in [2.24, 2.45) is 5.92 Å². The van der Waals surface area contributed by atoms with E-state index in [4.69, 9.17) is 5.11 Å². The highest BCUT2D eigenvalue weighted by Gasteiger charge is 2.61. The van der Waals surface area contributed by atoms with Crippen LogP contribution in [0.2, 0.25) is 0 Å². The van der Waals surface area contributed by atoms with Crippen LogP contribution < -0.4 is 5.32 Å². The number of rotatable bonds is 4. The Labute approximate surface area is 140 Å². The van der Waals surface area contributed by atoms with Gasteiger partial charge in [0.2, 0.25) is 5.91 Å². The van der Waals surface area contributed by atoms with E-state index in [1.54, 1.807) is 24.3 Å². The standard InChI is InChI=1S/C20H19NO3/c22-18(21-12-13-5-7-15(8-6-13)19(23)24)17-11-20(17)10-9-14-3-1-2-4-16(14)20/h1-8,17H,9-12H2,(H,21,22)(H,23,24). The van der Waals surface area contributed by atoms with Crippen molar-refractivity contribution in [2.75, 3.05) is 0 Å². The van der Waals surface area contributed by atoms with Crippen LogP contribution in [0.5, 0.6) is 0 Å². The zero-order valence-electron chi connectivity index (χ0n) is 13.3. The molecule has 2 aromatic carbocycles. The summed E-state index contributed by atoms with van der Waals surface area (Å²) in [5, 5.41) is 11.9. The highest BCUT2D eigenvalue weighted by molar-refractivity contribution is 5.87. The van der Waals surface area contributed by atoms with Gasteiger partial charge in [-0.1, -0.05) is 36.4 Å². The number of carbonyl (C=O) groups excluding carboxylic acids is 1. The van der Waals surface area contributed by atoms with Gasteiger partial charge in [0.15, 0.2) is 0 Å². The number of carboxylic acids is 1. The van der Waals surface area contributed by atoms with Crippen molar-refractivity contribution in [3.63, 3.8) is 0 Å². The molecular formula is C20H19NO3. The van der Waals surface area contributed by atoms with Crippen LogP contribution in [0.25, 0.3) is 0 Å². The number of hydrogen-bond donors (Lipinski definition) is 2. The van der Waals surface area contributed by atoms with Gasteiger partial charge in [0.1, 0.15) is 0 Å². The third kappa shape index (κ3) is 2.39. The van der Waals surface area contributed by atoms with Crippen molar-refractivity contribution < 1.29 is 14.7 Å². The summed E-state index contributed by atoms with van der Waals surface area (Å²) in [5.74, 6) is -0.765. The normalized spacial score (nSPS) is 23.8. The first-order valence-electron chi connectivity index (χ1n) is 8.28. The fourth-order valence-corrected chi connectivity index (χ4v) is 4.02. The molecule has 1 spiro atoms. The molecule has 0 heterocycles. The Morgan fingerprint density at radius 1 is 1.12 bits per heavy atom. The summed E-state index contributed by atoms with van der Waals surface area (Å²) < 4.78 is 0. The van der Waals surface area contributed by atoms with Crippen molar-refractivity contribution in [3.8, 4) is 0 Å². The highest BCUT2D eigenvalue weighted by atomic mass is 16.4. The predicted octanol–water partition coefficient (Wildman–Crippen LogP) is 2.91. The average Bonchev–Trinajstić information content (AvgIpc) is 3.22. The summed E-state index contributed by atoms with van der Waals surface area (Å²) in [6.45, 7) is 0.437.